The fraction of sp³-hybridized carbons (Fsp3) is 0.321. The van der Waals surface area contributed by atoms with E-state index in [-0.39, 0.29) is 34.7 Å². The van der Waals surface area contributed by atoms with Gasteiger partial charge in [0.25, 0.3) is 11.6 Å². The second kappa shape index (κ2) is 11.4. The van der Waals surface area contributed by atoms with Gasteiger partial charge in [0, 0.05) is 41.5 Å². The highest BCUT2D eigenvalue weighted by atomic mass is 16.6. The lowest BCUT2D eigenvalue weighted by Gasteiger charge is -2.26. The minimum absolute atomic E-state index is 0.0797. The number of ether oxygens (including phenoxy) is 2. The van der Waals surface area contributed by atoms with Crippen molar-refractivity contribution < 1.29 is 24.0 Å². The number of hydrogen-bond donors (Lipinski definition) is 2. The molecule has 0 spiro atoms. The zero-order valence-corrected chi connectivity index (χ0v) is 23.6. The number of nitro groups is 1. The molecule has 0 atom stereocenters. The fourth-order valence-corrected chi connectivity index (χ4v) is 4.42. The third-order valence-electron chi connectivity index (χ3n) is 6.43. The van der Waals surface area contributed by atoms with Crippen LogP contribution in [0.4, 0.5) is 27.8 Å². The summed E-state index contributed by atoms with van der Waals surface area (Å²) in [6.07, 6.45) is 0.707. The highest BCUT2D eigenvalue weighted by molar-refractivity contribution is 5.94. The van der Waals surface area contributed by atoms with Gasteiger partial charge >= 0.3 is 6.09 Å². The lowest BCUT2D eigenvalue weighted by atomic mass is 10.1. The molecule has 14 nitrogen and oxygen atoms in total. The van der Waals surface area contributed by atoms with Crippen LogP contribution in [0.15, 0.2) is 48.7 Å². The molecule has 42 heavy (non-hydrogen) atoms. The number of amides is 2. The molecular weight excluding hydrogens is 544 g/mol. The first-order valence-corrected chi connectivity index (χ1v) is 13.2. The Balaban J connectivity index is 1.52. The minimum Gasteiger partial charge on any atom is -0.444 e. The average Bonchev–Trinajstić information content (AvgIpc) is 3.35. The molecule has 0 radical (unpaired) electrons. The topological polar surface area (TPSA) is 166 Å². The Kier molecular flexibility index (Phi) is 7.72. The zero-order chi connectivity index (χ0) is 30.0. The molecule has 0 unspecified atom stereocenters. The summed E-state index contributed by atoms with van der Waals surface area (Å²) in [4.78, 5) is 47.3. The number of anilines is 3. The van der Waals surface area contributed by atoms with E-state index in [0.717, 1.165) is 0 Å². The molecule has 2 N–H and O–H groups in total. The monoisotopic (exact) mass is 574 g/mol. The number of imidazole rings is 1. The second-order valence-corrected chi connectivity index (χ2v) is 10.6. The van der Waals surface area contributed by atoms with Crippen molar-refractivity contribution in [3.05, 3.63) is 69.9 Å². The van der Waals surface area contributed by atoms with Gasteiger partial charge in [-0.1, -0.05) is 12.1 Å². The van der Waals surface area contributed by atoms with Crippen LogP contribution >= 0.6 is 0 Å². The van der Waals surface area contributed by atoms with Gasteiger partial charge in [0.1, 0.15) is 5.60 Å². The Hall–Kier alpha value is -5.11. The maximum absolute atomic E-state index is 12.9. The number of carbonyl (C=O) groups is 2. The van der Waals surface area contributed by atoms with Crippen LogP contribution in [0.25, 0.3) is 17.0 Å². The van der Waals surface area contributed by atoms with Gasteiger partial charge in [-0.05, 0) is 52.0 Å². The molecule has 0 bridgehead atoms. The van der Waals surface area contributed by atoms with Crippen molar-refractivity contribution in [3.8, 4) is 11.4 Å². The lowest BCUT2D eigenvalue weighted by molar-refractivity contribution is -0.385. The summed E-state index contributed by atoms with van der Waals surface area (Å²) in [5.41, 5.74) is 1.42. The highest BCUT2D eigenvalue weighted by Gasteiger charge is 2.23. The first-order chi connectivity index (χ1) is 20.0. The molecule has 2 aromatic heterocycles. The number of hydrogen-bond acceptors (Lipinski definition) is 10. The maximum atomic E-state index is 12.9. The van der Waals surface area contributed by atoms with Crippen molar-refractivity contribution >= 4 is 40.7 Å². The Bertz CT molecular complexity index is 1660. The second-order valence-electron chi connectivity index (χ2n) is 10.6. The molecule has 1 aliphatic heterocycles. The van der Waals surface area contributed by atoms with Crippen LogP contribution < -0.4 is 10.6 Å². The van der Waals surface area contributed by atoms with E-state index in [4.69, 9.17) is 9.47 Å². The molecule has 218 valence electrons. The third-order valence-corrected chi connectivity index (χ3v) is 6.43. The molecule has 14 heteroatoms. The van der Waals surface area contributed by atoms with Crippen molar-refractivity contribution in [3.63, 3.8) is 0 Å². The van der Waals surface area contributed by atoms with Crippen molar-refractivity contribution in [2.75, 3.05) is 36.9 Å². The number of benzene rings is 2. The molecule has 4 aromatic rings. The molecule has 1 fully saturated rings. The van der Waals surface area contributed by atoms with E-state index in [9.17, 15) is 19.7 Å². The Morgan fingerprint density at radius 3 is 2.48 bits per heavy atom. The number of nitro benzene ring substituents is 1. The third kappa shape index (κ3) is 6.12. The van der Waals surface area contributed by atoms with Gasteiger partial charge in [-0.25, -0.2) is 14.8 Å². The van der Waals surface area contributed by atoms with Crippen molar-refractivity contribution in [1.82, 2.24) is 24.5 Å². The molecular formula is C28H30N8O6. The van der Waals surface area contributed by atoms with E-state index in [1.165, 1.54) is 16.8 Å². The Morgan fingerprint density at radius 2 is 1.81 bits per heavy atom. The van der Waals surface area contributed by atoms with Gasteiger partial charge < -0.3 is 19.7 Å². The van der Waals surface area contributed by atoms with Crippen molar-refractivity contribution in [2.24, 2.45) is 0 Å². The van der Waals surface area contributed by atoms with Gasteiger partial charge in [0.05, 0.1) is 24.3 Å². The van der Waals surface area contributed by atoms with E-state index in [1.54, 1.807) is 69.0 Å². The first kappa shape index (κ1) is 28.4. The van der Waals surface area contributed by atoms with Crippen LogP contribution in [0.2, 0.25) is 0 Å². The molecule has 3 heterocycles. The largest absolute Gasteiger partial charge is 0.444 e. The smallest absolute Gasteiger partial charge is 0.413 e. The molecule has 2 aromatic carbocycles. The van der Waals surface area contributed by atoms with Gasteiger partial charge in [-0.3, -0.25) is 20.2 Å². The summed E-state index contributed by atoms with van der Waals surface area (Å²) in [7, 11) is 0. The van der Waals surface area contributed by atoms with E-state index in [1.807, 2.05) is 0 Å². The highest BCUT2D eigenvalue weighted by Crippen LogP contribution is 2.30. The van der Waals surface area contributed by atoms with E-state index >= 15 is 0 Å². The number of carbonyl (C=O) groups excluding carboxylic acids is 2. The molecule has 0 aliphatic carbocycles. The van der Waals surface area contributed by atoms with E-state index in [0.29, 0.717) is 48.7 Å². The number of aromatic nitrogens is 4. The van der Waals surface area contributed by atoms with Crippen LogP contribution in [-0.4, -0.2) is 73.3 Å². The zero-order valence-electron chi connectivity index (χ0n) is 23.6. The van der Waals surface area contributed by atoms with Crippen LogP contribution in [0.5, 0.6) is 0 Å². The fourth-order valence-electron chi connectivity index (χ4n) is 4.42. The number of nitrogens with one attached hydrogen (secondary N) is 2. The summed E-state index contributed by atoms with van der Waals surface area (Å²) in [6, 6.07) is 11.6. The molecule has 0 saturated carbocycles. The van der Waals surface area contributed by atoms with Gasteiger partial charge in [-0.2, -0.15) is 4.52 Å². The summed E-state index contributed by atoms with van der Waals surface area (Å²) in [5.74, 6) is 0.565. The Labute approximate surface area is 240 Å². The van der Waals surface area contributed by atoms with Crippen LogP contribution in [0.1, 0.15) is 36.7 Å². The predicted octanol–water partition coefficient (Wildman–Crippen LogP) is 4.57. The number of morpholine rings is 1. The van der Waals surface area contributed by atoms with Gasteiger partial charge in [-0.15, -0.1) is 5.10 Å². The predicted molar refractivity (Wildman–Crippen MR) is 154 cm³/mol. The molecule has 1 saturated heterocycles. The van der Waals surface area contributed by atoms with Crippen molar-refractivity contribution in [1.29, 1.82) is 0 Å². The molecule has 1 aliphatic rings. The minimum atomic E-state index is -0.729. The lowest BCUT2D eigenvalue weighted by Crippen LogP contribution is -2.40. The standard InChI is InChI=1S/C28H30N8O6/c1-17-20(6-5-7-21(17)36(39)40)23-32-24(25-29-16-22(35(25)33-23)31-27(38)42-28(2,3)4)30-19-10-8-18(9-11-19)26(37)34-12-14-41-15-13-34/h5-11,16H,12-15H2,1-4H3,(H,31,38)(H,30,32,33). The average molecular weight is 575 g/mol. The summed E-state index contributed by atoms with van der Waals surface area (Å²) >= 11 is 0. The van der Waals surface area contributed by atoms with Gasteiger partial charge in [0.15, 0.2) is 23.1 Å². The van der Waals surface area contributed by atoms with E-state index in [2.05, 4.69) is 25.7 Å². The normalized spacial score (nSPS) is 13.6. The maximum Gasteiger partial charge on any atom is 0.413 e. The Morgan fingerprint density at radius 1 is 1.10 bits per heavy atom. The van der Waals surface area contributed by atoms with Crippen molar-refractivity contribution in [2.45, 2.75) is 33.3 Å². The molecule has 5 rings (SSSR count). The molecule has 2 amide bonds. The first-order valence-electron chi connectivity index (χ1n) is 13.2. The number of rotatable bonds is 6. The SMILES string of the molecule is Cc1c(-c2nc(Nc3ccc(C(=O)N4CCOCC4)cc3)c3ncc(NC(=O)OC(C)(C)C)n3n2)cccc1[N+](=O)[O-]. The van der Waals surface area contributed by atoms with Crippen LogP contribution in [0, 0.1) is 17.0 Å². The number of nitrogens with zero attached hydrogens (tertiary/aromatic N) is 6. The summed E-state index contributed by atoms with van der Waals surface area (Å²) in [5, 5.41) is 22.0. The van der Waals surface area contributed by atoms with Crippen LogP contribution in [-0.2, 0) is 9.47 Å². The van der Waals surface area contributed by atoms with Gasteiger partial charge in [0.2, 0.25) is 0 Å². The quantitative estimate of drug-likeness (QED) is 0.246. The summed E-state index contributed by atoms with van der Waals surface area (Å²) < 4.78 is 12.1. The van der Waals surface area contributed by atoms with E-state index < -0.39 is 16.6 Å². The number of fused-ring (bicyclic) bond motifs is 1. The van der Waals surface area contributed by atoms with Crippen LogP contribution in [0.3, 0.4) is 0 Å². The summed E-state index contributed by atoms with van der Waals surface area (Å²) in [6.45, 7) is 8.95.